The fourth-order valence-electron chi connectivity index (χ4n) is 2.92. The Kier molecular flexibility index (Phi) is 6.68. The highest BCUT2D eigenvalue weighted by Crippen LogP contribution is 2.37. The second-order valence-electron chi connectivity index (χ2n) is 6.71. The van der Waals surface area contributed by atoms with Gasteiger partial charge in [-0.05, 0) is 74.7 Å². The number of halogens is 3. The lowest BCUT2D eigenvalue weighted by Crippen LogP contribution is -2.20. The largest absolute Gasteiger partial charge is 0.437 e. The van der Waals surface area contributed by atoms with Gasteiger partial charge in [-0.15, -0.1) is 0 Å². The van der Waals surface area contributed by atoms with E-state index in [0.29, 0.717) is 37.0 Å². The van der Waals surface area contributed by atoms with Crippen molar-refractivity contribution in [2.45, 2.75) is 6.92 Å². The summed E-state index contributed by atoms with van der Waals surface area (Å²) in [6.07, 6.45) is 2.65. The Morgan fingerprint density at radius 3 is 2.48 bits per heavy atom. The highest BCUT2D eigenvalue weighted by molar-refractivity contribution is 9.11. The number of ether oxygens (including phenoxy) is 1. The Bertz CT molecular complexity index is 1460. The number of benzene rings is 2. The molecule has 0 bridgehead atoms. The highest BCUT2D eigenvalue weighted by Gasteiger charge is 2.13. The van der Waals surface area contributed by atoms with Gasteiger partial charge in [-0.25, -0.2) is 9.97 Å². The molecule has 0 saturated carbocycles. The van der Waals surface area contributed by atoms with E-state index in [1.807, 2.05) is 6.07 Å². The number of hydrogen-bond acceptors (Lipinski definition) is 7. The van der Waals surface area contributed by atoms with Crippen LogP contribution in [0.4, 0.5) is 5.69 Å². The van der Waals surface area contributed by atoms with E-state index in [2.05, 4.69) is 62.9 Å². The van der Waals surface area contributed by atoms with E-state index in [0.717, 1.165) is 10.7 Å². The number of rotatable bonds is 5. The van der Waals surface area contributed by atoms with E-state index in [-0.39, 0.29) is 17.1 Å². The molecule has 0 unspecified atom stereocenters. The van der Waals surface area contributed by atoms with Crippen molar-refractivity contribution in [2.75, 3.05) is 0 Å². The zero-order valence-corrected chi connectivity index (χ0v) is 21.5. The number of nitro groups is 1. The summed E-state index contributed by atoms with van der Waals surface area (Å²) < 4.78 is 8.94. The summed E-state index contributed by atoms with van der Waals surface area (Å²) in [7, 11) is 0. The van der Waals surface area contributed by atoms with Crippen molar-refractivity contribution in [1.82, 2.24) is 14.6 Å². The lowest BCUT2D eigenvalue weighted by Gasteiger charge is -2.10. The van der Waals surface area contributed by atoms with Gasteiger partial charge < -0.3 is 4.74 Å². The third-order valence-electron chi connectivity index (χ3n) is 4.45. The Morgan fingerprint density at radius 2 is 1.85 bits per heavy atom. The summed E-state index contributed by atoms with van der Waals surface area (Å²) >= 11 is 10.3. The summed E-state index contributed by atoms with van der Waals surface area (Å²) in [5.41, 5.74) is 0.864. The molecule has 2 aromatic carbocycles. The summed E-state index contributed by atoms with van der Waals surface area (Å²) in [5, 5.41) is 15.5. The fraction of sp³-hybridized carbons (Fsp3) is 0.0476. The van der Waals surface area contributed by atoms with Gasteiger partial charge in [0.1, 0.15) is 12.0 Å². The summed E-state index contributed by atoms with van der Waals surface area (Å²) in [5.74, 6) is 1.08. The molecule has 33 heavy (non-hydrogen) atoms. The predicted octanol–water partition coefficient (Wildman–Crippen LogP) is 5.97. The predicted molar refractivity (Wildman–Crippen MR) is 134 cm³/mol. The van der Waals surface area contributed by atoms with Gasteiger partial charge in [-0.1, -0.05) is 15.9 Å². The van der Waals surface area contributed by atoms with Crippen molar-refractivity contribution in [1.29, 1.82) is 0 Å². The Morgan fingerprint density at radius 1 is 1.12 bits per heavy atom. The minimum atomic E-state index is -0.534. The maximum atomic E-state index is 12.9. The number of aryl methyl sites for hydroxylation is 1. The molecular weight excluding hydrogens is 626 g/mol. The van der Waals surface area contributed by atoms with Crippen molar-refractivity contribution in [3.05, 3.63) is 93.9 Å². The van der Waals surface area contributed by atoms with Crippen LogP contribution in [-0.2, 0) is 0 Å². The number of pyridine rings is 1. The number of aromatic nitrogens is 3. The molecule has 12 heteroatoms. The van der Waals surface area contributed by atoms with Crippen LogP contribution in [0.3, 0.4) is 0 Å². The third-order valence-corrected chi connectivity index (χ3v) is 6.12. The van der Waals surface area contributed by atoms with Crippen molar-refractivity contribution in [3.63, 3.8) is 0 Å². The van der Waals surface area contributed by atoms with Crippen LogP contribution in [-0.4, -0.2) is 25.8 Å². The molecular formula is C21H12Br3N5O4. The molecule has 2 aromatic heterocycles. The van der Waals surface area contributed by atoms with Crippen molar-refractivity contribution in [2.24, 2.45) is 5.10 Å². The molecule has 0 atom stereocenters. The normalized spacial score (nSPS) is 11.3. The highest BCUT2D eigenvalue weighted by atomic mass is 79.9. The topological polar surface area (TPSA) is 113 Å². The molecule has 0 aliphatic carbocycles. The average Bonchev–Trinajstić information content (AvgIpc) is 2.77. The SMILES string of the molecule is Cc1nc2ccc(Br)cc2c(=O)n1N=Cc1cc(Br)c(Oc2ccc([N+](=O)[O-])cn2)c(Br)c1. The minimum Gasteiger partial charge on any atom is -0.437 e. The molecule has 2 heterocycles. The number of fused-ring (bicyclic) bond motifs is 1. The first kappa shape index (κ1) is 23.2. The van der Waals surface area contributed by atoms with Crippen molar-refractivity contribution in [3.8, 4) is 11.6 Å². The van der Waals surface area contributed by atoms with Crippen LogP contribution in [0.5, 0.6) is 11.6 Å². The van der Waals surface area contributed by atoms with Crippen LogP contribution in [0.2, 0.25) is 0 Å². The number of hydrogen-bond donors (Lipinski definition) is 0. The first-order valence-electron chi connectivity index (χ1n) is 9.23. The van der Waals surface area contributed by atoms with E-state index >= 15 is 0 Å². The molecule has 4 aromatic rings. The second kappa shape index (κ2) is 9.49. The van der Waals surface area contributed by atoms with Gasteiger partial charge in [0.15, 0.2) is 5.75 Å². The van der Waals surface area contributed by atoms with E-state index in [4.69, 9.17) is 4.74 Å². The Labute approximate surface area is 211 Å². The van der Waals surface area contributed by atoms with Gasteiger partial charge in [-0.3, -0.25) is 14.9 Å². The Balaban J connectivity index is 1.63. The Hall–Kier alpha value is -2.96. The lowest BCUT2D eigenvalue weighted by molar-refractivity contribution is -0.385. The van der Waals surface area contributed by atoms with Crippen LogP contribution in [0, 0.1) is 17.0 Å². The van der Waals surface area contributed by atoms with E-state index in [1.165, 1.54) is 23.0 Å². The summed E-state index contributed by atoms with van der Waals surface area (Å²) in [6, 6.07) is 11.5. The fourth-order valence-corrected chi connectivity index (χ4v) is 4.66. The first-order chi connectivity index (χ1) is 15.7. The smallest absolute Gasteiger partial charge is 0.287 e. The molecule has 9 nitrogen and oxygen atoms in total. The van der Waals surface area contributed by atoms with Gasteiger partial charge in [0.25, 0.3) is 11.2 Å². The van der Waals surface area contributed by atoms with Gasteiger partial charge in [0.2, 0.25) is 5.88 Å². The lowest BCUT2D eigenvalue weighted by atomic mass is 10.2. The maximum absolute atomic E-state index is 12.9. The molecule has 0 N–H and O–H groups in total. The molecule has 0 saturated heterocycles. The molecule has 0 amide bonds. The quantitative estimate of drug-likeness (QED) is 0.151. The van der Waals surface area contributed by atoms with Gasteiger partial charge >= 0.3 is 0 Å². The van der Waals surface area contributed by atoms with Crippen LogP contribution in [0.25, 0.3) is 10.9 Å². The van der Waals surface area contributed by atoms with Crippen LogP contribution < -0.4 is 10.3 Å². The average molecular weight is 638 g/mol. The van der Waals surface area contributed by atoms with Crippen LogP contribution in [0.15, 0.2) is 72.0 Å². The first-order valence-corrected chi connectivity index (χ1v) is 11.6. The molecule has 4 rings (SSSR count). The standard InChI is InChI=1S/C21H12Br3N5O4/c1-11-27-18-4-2-13(22)8-15(18)21(30)28(11)26-9-12-6-16(23)20(17(24)7-12)33-19-5-3-14(10-25-19)29(31)32/h2-10H,1H3. The molecule has 0 spiro atoms. The third kappa shape index (κ3) is 5.02. The molecule has 0 radical (unpaired) electrons. The molecule has 0 fully saturated rings. The van der Waals surface area contributed by atoms with Crippen molar-refractivity contribution < 1.29 is 9.66 Å². The number of nitrogens with zero attached hydrogens (tertiary/aromatic N) is 5. The summed E-state index contributed by atoms with van der Waals surface area (Å²) in [4.78, 5) is 31.5. The zero-order chi connectivity index (χ0) is 23.7. The molecule has 0 aliphatic rings. The van der Waals surface area contributed by atoms with Crippen molar-refractivity contribution >= 4 is 70.6 Å². The van der Waals surface area contributed by atoms with E-state index in [1.54, 1.807) is 31.2 Å². The van der Waals surface area contributed by atoms with Gasteiger partial charge in [-0.2, -0.15) is 9.78 Å². The van der Waals surface area contributed by atoms with E-state index < -0.39 is 4.92 Å². The van der Waals surface area contributed by atoms with Crippen LogP contribution in [0.1, 0.15) is 11.4 Å². The van der Waals surface area contributed by atoms with E-state index in [9.17, 15) is 14.9 Å². The minimum absolute atomic E-state index is 0.131. The molecule has 0 aliphatic heterocycles. The monoisotopic (exact) mass is 635 g/mol. The van der Waals surface area contributed by atoms with Gasteiger partial charge in [0, 0.05) is 16.6 Å². The maximum Gasteiger partial charge on any atom is 0.287 e. The van der Waals surface area contributed by atoms with Crippen LogP contribution >= 0.6 is 47.8 Å². The van der Waals surface area contributed by atoms with Gasteiger partial charge in [0.05, 0.1) is 31.0 Å². The second-order valence-corrected chi connectivity index (χ2v) is 9.33. The molecule has 166 valence electrons. The summed E-state index contributed by atoms with van der Waals surface area (Å²) in [6.45, 7) is 1.71. The zero-order valence-electron chi connectivity index (χ0n) is 16.7.